The Morgan fingerprint density at radius 2 is 1.69 bits per heavy atom. The van der Waals surface area contributed by atoms with Gasteiger partial charge in [0.2, 0.25) is 15.9 Å². The van der Waals surface area contributed by atoms with E-state index in [1.165, 1.54) is 41.7 Å². The van der Waals surface area contributed by atoms with Gasteiger partial charge in [0.25, 0.3) is 0 Å². The number of methoxy groups -OCH3 is 1. The summed E-state index contributed by atoms with van der Waals surface area (Å²) in [6, 6.07) is 8.94. The van der Waals surface area contributed by atoms with E-state index in [1.54, 1.807) is 13.8 Å². The number of benzene rings is 2. The largest absolute Gasteiger partial charge is 0.573 e. The summed E-state index contributed by atoms with van der Waals surface area (Å²) in [6.45, 7) is 3.84. The van der Waals surface area contributed by atoms with E-state index >= 15 is 0 Å². The van der Waals surface area contributed by atoms with Gasteiger partial charge in [0.1, 0.15) is 11.5 Å². The van der Waals surface area contributed by atoms with Crippen LogP contribution in [0, 0.1) is 0 Å². The van der Waals surface area contributed by atoms with Gasteiger partial charge in [0.15, 0.2) is 0 Å². The number of hydrogen-bond acceptors (Lipinski definition) is 6. The molecular weight excluding hydrogens is 451 g/mol. The maximum Gasteiger partial charge on any atom is 0.573 e. The summed E-state index contributed by atoms with van der Waals surface area (Å²) in [5.74, 6) is -0.580. The molecule has 0 saturated carbocycles. The molecule has 0 fully saturated rings. The summed E-state index contributed by atoms with van der Waals surface area (Å²) >= 11 is 0. The Kier molecular flexibility index (Phi) is 8.33. The van der Waals surface area contributed by atoms with E-state index in [2.05, 4.69) is 15.4 Å². The zero-order valence-electron chi connectivity index (χ0n) is 17.7. The maximum atomic E-state index is 12.7. The lowest BCUT2D eigenvalue weighted by Crippen LogP contribution is -2.30. The van der Waals surface area contributed by atoms with Crippen LogP contribution in [0.5, 0.6) is 11.5 Å². The van der Waals surface area contributed by atoms with Crippen LogP contribution in [-0.4, -0.2) is 51.7 Å². The third kappa shape index (κ3) is 6.76. The SMILES string of the molecule is CCN(CC)S(=O)(=O)c1ccc(OC)c(NCC(=O)Nc2ccc(OC(F)(F)F)cc2)c1. The second kappa shape index (κ2) is 10.6. The minimum atomic E-state index is -4.80. The van der Waals surface area contributed by atoms with Gasteiger partial charge >= 0.3 is 6.36 Å². The van der Waals surface area contributed by atoms with Gasteiger partial charge in [-0.25, -0.2) is 8.42 Å². The van der Waals surface area contributed by atoms with Crippen LogP contribution in [0.1, 0.15) is 13.8 Å². The van der Waals surface area contributed by atoms with E-state index in [-0.39, 0.29) is 17.1 Å². The molecule has 12 heteroatoms. The van der Waals surface area contributed by atoms with Crippen molar-refractivity contribution in [1.82, 2.24) is 4.31 Å². The number of carbonyl (C=O) groups excluding carboxylic acids is 1. The summed E-state index contributed by atoms with van der Waals surface area (Å²) in [5, 5.41) is 5.34. The van der Waals surface area contributed by atoms with Crippen molar-refractivity contribution in [1.29, 1.82) is 0 Å². The van der Waals surface area contributed by atoms with Gasteiger partial charge in [-0.1, -0.05) is 13.8 Å². The molecule has 0 bridgehead atoms. The molecule has 0 aromatic heterocycles. The molecule has 0 spiro atoms. The molecule has 2 rings (SSSR count). The molecule has 0 heterocycles. The van der Waals surface area contributed by atoms with Crippen molar-refractivity contribution >= 4 is 27.3 Å². The Morgan fingerprint density at radius 3 is 2.22 bits per heavy atom. The summed E-state index contributed by atoms with van der Waals surface area (Å²) in [4.78, 5) is 12.3. The lowest BCUT2D eigenvalue weighted by atomic mass is 10.3. The van der Waals surface area contributed by atoms with Crippen LogP contribution in [0.3, 0.4) is 0 Å². The lowest BCUT2D eigenvalue weighted by molar-refractivity contribution is -0.274. The number of alkyl halides is 3. The number of hydrogen-bond donors (Lipinski definition) is 2. The zero-order chi connectivity index (χ0) is 23.9. The Hall–Kier alpha value is -2.99. The number of ether oxygens (including phenoxy) is 2. The summed E-state index contributed by atoms with van der Waals surface area (Å²) < 4.78 is 72.4. The second-order valence-corrected chi connectivity index (χ2v) is 8.36. The quantitative estimate of drug-likeness (QED) is 0.544. The van der Waals surface area contributed by atoms with Crippen LogP contribution in [-0.2, 0) is 14.8 Å². The molecule has 0 saturated heterocycles. The standard InChI is InChI=1S/C20H24F3N3O5S/c1-4-26(5-2)32(28,29)16-10-11-18(30-3)17(12-16)24-13-19(27)25-14-6-8-15(9-7-14)31-20(21,22)23/h6-12,24H,4-5,13H2,1-3H3,(H,25,27). The van der Waals surface area contributed by atoms with Crippen molar-refractivity contribution in [3.63, 3.8) is 0 Å². The first kappa shape index (κ1) is 25.3. The smallest absolute Gasteiger partial charge is 0.495 e. The van der Waals surface area contributed by atoms with E-state index in [9.17, 15) is 26.4 Å². The first-order valence-corrected chi connectivity index (χ1v) is 11.0. The molecule has 2 N–H and O–H groups in total. The molecule has 176 valence electrons. The normalized spacial score (nSPS) is 11.8. The zero-order valence-corrected chi connectivity index (χ0v) is 18.5. The number of nitrogens with one attached hydrogen (secondary N) is 2. The van der Waals surface area contributed by atoms with Crippen LogP contribution in [0.4, 0.5) is 24.5 Å². The van der Waals surface area contributed by atoms with E-state index in [0.29, 0.717) is 24.5 Å². The van der Waals surface area contributed by atoms with Crippen molar-refractivity contribution in [2.45, 2.75) is 25.1 Å². The molecule has 8 nitrogen and oxygen atoms in total. The molecule has 1 amide bonds. The van der Waals surface area contributed by atoms with Gasteiger partial charge in [0.05, 0.1) is 24.2 Å². The monoisotopic (exact) mass is 475 g/mol. The Morgan fingerprint density at radius 1 is 1.06 bits per heavy atom. The van der Waals surface area contributed by atoms with Crippen LogP contribution in [0.25, 0.3) is 0 Å². The number of anilines is 2. The van der Waals surface area contributed by atoms with Crippen molar-refractivity contribution in [3.8, 4) is 11.5 Å². The van der Waals surface area contributed by atoms with Crippen molar-refractivity contribution < 1.29 is 35.9 Å². The number of halogens is 3. The van der Waals surface area contributed by atoms with Gasteiger partial charge in [0, 0.05) is 18.8 Å². The number of rotatable bonds is 10. The number of nitrogens with zero attached hydrogens (tertiary/aromatic N) is 1. The average molecular weight is 475 g/mol. The number of amides is 1. The molecule has 2 aromatic rings. The van der Waals surface area contributed by atoms with Crippen LogP contribution in [0.15, 0.2) is 47.4 Å². The van der Waals surface area contributed by atoms with Crippen molar-refractivity contribution in [3.05, 3.63) is 42.5 Å². The van der Waals surface area contributed by atoms with E-state index in [4.69, 9.17) is 4.74 Å². The Bertz CT molecular complexity index is 1020. The topological polar surface area (TPSA) is 97.0 Å². The molecule has 0 atom stereocenters. The van der Waals surface area contributed by atoms with Gasteiger partial charge in [-0.3, -0.25) is 4.79 Å². The fourth-order valence-corrected chi connectivity index (χ4v) is 4.30. The highest BCUT2D eigenvalue weighted by molar-refractivity contribution is 7.89. The molecule has 0 aliphatic heterocycles. The Balaban J connectivity index is 2.08. The lowest BCUT2D eigenvalue weighted by Gasteiger charge is -2.20. The minimum Gasteiger partial charge on any atom is -0.495 e. The number of carbonyl (C=O) groups is 1. The molecular formula is C20H24F3N3O5S. The van der Waals surface area contributed by atoms with Gasteiger partial charge in [-0.15, -0.1) is 13.2 Å². The predicted molar refractivity (Wildman–Crippen MR) is 113 cm³/mol. The highest BCUT2D eigenvalue weighted by Gasteiger charge is 2.31. The highest BCUT2D eigenvalue weighted by Crippen LogP contribution is 2.29. The third-order valence-electron chi connectivity index (χ3n) is 4.33. The highest BCUT2D eigenvalue weighted by atomic mass is 32.2. The van der Waals surface area contributed by atoms with Crippen molar-refractivity contribution in [2.75, 3.05) is 37.4 Å². The molecule has 0 aliphatic carbocycles. The summed E-state index contributed by atoms with van der Waals surface area (Å²) in [5.41, 5.74) is 0.556. The van der Waals surface area contributed by atoms with E-state index in [0.717, 1.165) is 12.1 Å². The first-order valence-electron chi connectivity index (χ1n) is 9.57. The van der Waals surface area contributed by atoms with Gasteiger partial charge in [-0.05, 0) is 42.5 Å². The molecule has 32 heavy (non-hydrogen) atoms. The molecule has 0 unspecified atom stereocenters. The summed E-state index contributed by atoms with van der Waals surface area (Å²) in [7, 11) is -2.30. The fraction of sp³-hybridized carbons (Fsp3) is 0.350. The first-order chi connectivity index (χ1) is 15.0. The van der Waals surface area contributed by atoms with Crippen LogP contribution in [0.2, 0.25) is 0 Å². The van der Waals surface area contributed by atoms with Gasteiger partial charge < -0.3 is 20.1 Å². The molecule has 0 aliphatic rings. The van der Waals surface area contributed by atoms with Gasteiger partial charge in [-0.2, -0.15) is 4.31 Å². The van der Waals surface area contributed by atoms with Crippen molar-refractivity contribution in [2.24, 2.45) is 0 Å². The van der Waals surface area contributed by atoms with Crippen LogP contribution >= 0.6 is 0 Å². The number of sulfonamides is 1. The molecule has 2 aromatic carbocycles. The third-order valence-corrected chi connectivity index (χ3v) is 6.37. The second-order valence-electron chi connectivity index (χ2n) is 6.43. The maximum absolute atomic E-state index is 12.7. The fourth-order valence-electron chi connectivity index (χ4n) is 2.82. The molecule has 0 radical (unpaired) electrons. The van der Waals surface area contributed by atoms with Crippen LogP contribution < -0.4 is 20.1 Å². The average Bonchev–Trinajstić information content (AvgIpc) is 2.73. The Labute approximate surface area is 184 Å². The summed E-state index contributed by atoms with van der Waals surface area (Å²) in [6.07, 6.45) is -4.80. The van der Waals surface area contributed by atoms with E-state index in [1.807, 2.05) is 0 Å². The minimum absolute atomic E-state index is 0.0464. The van der Waals surface area contributed by atoms with E-state index < -0.39 is 28.0 Å². The predicted octanol–water partition coefficient (Wildman–Crippen LogP) is 3.67.